The van der Waals surface area contributed by atoms with E-state index in [9.17, 15) is 0 Å². The largest absolute Gasteiger partial charge is 0.493 e. The Hall–Kier alpha value is -1.02. The Bertz CT molecular complexity index is 383. The van der Waals surface area contributed by atoms with Crippen LogP contribution in [0.25, 0.3) is 0 Å². The van der Waals surface area contributed by atoms with Gasteiger partial charge in [-0.2, -0.15) is 0 Å². The van der Waals surface area contributed by atoms with E-state index in [-0.39, 0.29) is 0 Å². The summed E-state index contributed by atoms with van der Waals surface area (Å²) in [5.74, 6) is 2.44. The second-order valence-corrected chi connectivity index (χ2v) is 5.67. The van der Waals surface area contributed by atoms with Crippen molar-refractivity contribution >= 4 is 0 Å². The molecule has 0 aromatic heterocycles. The maximum atomic E-state index is 5.95. The van der Waals surface area contributed by atoms with Crippen LogP contribution in [0.1, 0.15) is 50.2 Å². The first-order valence-corrected chi connectivity index (χ1v) is 7.16. The van der Waals surface area contributed by atoms with Crippen molar-refractivity contribution in [2.45, 2.75) is 45.4 Å². The van der Waals surface area contributed by atoms with Gasteiger partial charge in [-0.05, 0) is 61.3 Å². The number of hydrogen-bond acceptors (Lipinski definition) is 2. The van der Waals surface area contributed by atoms with E-state index in [0.29, 0.717) is 5.92 Å². The molecule has 0 unspecified atom stereocenters. The van der Waals surface area contributed by atoms with Gasteiger partial charge in [0.25, 0.3) is 0 Å². The summed E-state index contributed by atoms with van der Waals surface area (Å²) in [6.45, 7) is 6.09. The van der Waals surface area contributed by atoms with Gasteiger partial charge in [-0.15, -0.1) is 0 Å². The summed E-state index contributed by atoms with van der Waals surface area (Å²) in [6.07, 6.45) is 4.73. The van der Waals surface area contributed by atoms with E-state index in [2.05, 4.69) is 32.0 Å². The average molecular weight is 247 g/mol. The molecule has 0 atom stereocenters. The minimum Gasteiger partial charge on any atom is -0.493 e. The Morgan fingerprint density at radius 1 is 1.33 bits per heavy atom. The maximum absolute atomic E-state index is 5.95. The molecule has 2 N–H and O–H groups in total. The van der Waals surface area contributed by atoms with E-state index in [1.165, 1.54) is 24.0 Å². The summed E-state index contributed by atoms with van der Waals surface area (Å²) in [7, 11) is 0. The summed E-state index contributed by atoms with van der Waals surface area (Å²) in [4.78, 5) is 0. The maximum Gasteiger partial charge on any atom is 0.122 e. The molecule has 2 nitrogen and oxygen atoms in total. The van der Waals surface area contributed by atoms with Gasteiger partial charge in [0.15, 0.2) is 0 Å². The number of hydrogen-bond donors (Lipinski definition) is 1. The van der Waals surface area contributed by atoms with Gasteiger partial charge in [0.05, 0.1) is 6.61 Å². The smallest absolute Gasteiger partial charge is 0.122 e. The van der Waals surface area contributed by atoms with E-state index in [1.54, 1.807) is 0 Å². The molecule has 1 aliphatic rings. The van der Waals surface area contributed by atoms with Gasteiger partial charge in [0.1, 0.15) is 5.75 Å². The van der Waals surface area contributed by atoms with E-state index < -0.39 is 0 Å². The molecule has 18 heavy (non-hydrogen) atoms. The van der Waals surface area contributed by atoms with Crippen molar-refractivity contribution in [1.29, 1.82) is 0 Å². The third kappa shape index (κ3) is 3.74. The third-order valence-corrected chi connectivity index (χ3v) is 3.57. The molecule has 0 bridgehead atoms. The summed E-state index contributed by atoms with van der Waals surface area (Å²) < 4.78 is 5.95. The molecule has 0 radical (unpaired) electrons. The van der Waals surface area contributed by atoms with Gasteiger partial charge in [0, 0.05) is 0 Å². The lowest BCUT2D eigenvalue weighted by Crippen LogP contribution is -2.05. The van der Waals surface area contributed by atoms with Crippen LogP contribution in [0.2, 0.25) is 0 Å². The van der Waals surface area contributed by atoms with Crippen LogP contribution < -0.4 is 10.5 Å². The van der Waals surface area contributed by atoms with Crippen LogP contribution in [0.15, 0.2) is 18.2 Å². The predicted molar refractivity (Wildman–Crippen MR) is 76.1 cm³/mol. The molecule has 2 heteroatoms. The summed E-state index contributed by atoms with van der Waals surface area (Å²) >= 11 is 0. The SMILES string of the molecule is CC(C)c1ccc(OCC2CC2)c(CCCN)c1. The number of aryl methyl sites for hydroxylation is 1. The molecule has 0 saturated heterocycles. The van der Waals surface area contributed by atoms with E-state index in [1.807, 2.05) is 0 Å². The fourth-order valence-corrected chi connectivity index (χ4v) is 2.08. The van der Waals surface area contributed by atoms with Gasteiger partial charge in [-0.3, -0.25) is 0 Å². The Labute approximate surface area is 111 Å². The molecular formula is C16H25NO. The quantitative estimate of drug-likeness (QED) is 0.800. The second-order valence-electron chi connectivity index (χ2n) is 5.67. The van der Waals surface area contributed by atoms with Gasteiger partial charge in [-0.25, -0.2) is 0 Å². The zero-order valence-electron chi connectivity index (χ0n) is 11.6. The van der Waals surface area contributed by atoms with Crippen molar-refractivity contribution in [2.24, 2.45) is 11.7 Å². The monoisotopic (exact) mass is 247 g/mol. The molecule has 0 heterocycles. The van der Waals surface area contributed by atoms with Crippen molar-refractivity contribution in [1.82, 2.24) is 0 Å². The number of benzene rings is 1. The number of rotatable bonds is 7. The lowest BCUT2D eigenvalue weighted by atomic mass is 9.98. The first-order valence-electron chi connectivity index (χ1n) is 7.16. The summed E-state index contributed by atoms with van der Waals surface area (Å²) in [6, 6.07) is 6.63. The van der Waals surface area contributed by atoms with Crippen molar-refractivity contribution in [3.05, 3.63) is 29.3 Å². The second kappa shape index (κ2) is 6.24. The molecule has 0 amide bonds. The molecule has 0 aliphatic heterocycles. The van der Waals surface area contributed by atoms with Gasteiger partial charge in [0.2, 0.25) is 0 Å². The standard InChI is InChI=1S/C16H25NO/c1-12(2)14-7-8-16(18-11-13-5-6-13)15(10-14)4-3-9-17/h7-8,10,12-13H,3-6,9,11,17H2,1-2H3. The zero-order chi connectivity index (χ0) is 13.0. The molecule has 1 aromatic carbocycles. The van der Waals surface area contributed by atoms with Crippen molar-refractivity contribution < 1.29 is 4.74 Å². The highest BCUT2D eigenvalue weighted by Crippen LogP contribution is 2.31. The van der Waals surface area contributed by atoms with Gasteiger partial charge >= 0.3 is 0 Å². The van der Waals surface area contributed by atoms with Gasteiger partial charge in [-0.1, -0.05) is 26.0 Å². The Morgan fingerprint density at radius 2 is 2.11 bits per heavy atom. The van der Waals surface area contributed by atoms with Crippen molar-refractivity contribution in [2.75, 3.05) is 13.2 Å². The van der Waals surface area contributed by atoms with Crippen LogP contribution in [0.3, 0.4) is 0 Å². The number of ether oxygens (including phenoxy) is 1. The van der Waals surface area contributed by atoms with E-state index >= 15 is 0 Å². The lowest BCUT2D eigenvalue weighted by molar-refractivity contribution is 0.296. The molecule has 0 spiro atoms. The van der Waals surface area contributed by atoms with Crippen LogP contribution in [0.5, 0.6) is 5.75 Å². The fourth-order valence-electron chi connectivity index (χ4n) is 2.08. The summed E-state index contributed by atoms with van der Waals surface area (Å²) in [5.41, 5.74) is 8.33. The van der Waals surface area contributed by atoms with E-state index in [4.69, 9.17) is 10.5 Å². The molecular weight excluding hydrogens is 222 g/mol. The Kier molecular flexibility index (Phi) is 4.65. The average Bonchev–Trinajstić information content (AvgIpc) is 3.18. The van der Waals surface area contributed by atoms with Crippen LogP contribution in [0.4, 0.5) is 0 Å². The molecule has 2 rings (SSSR count). The topological polar surface area (TPSA) is 35.2 Å². The Balaban J connectivity index is 2.08. The predicted octanol–water partition coefficient (Wildman–Crippen LogP) is 3.49. The minimum absolute atomic E-state index is 0.569. The normalized spacial score (nSPS) is 15.1. The fraction of sp³-hybridized carbons (Fsp3) is 0.625. The minimum atomic E-state index is 0.569. The zero-order valence-corrected chi connectivity index (χ0v) is 11.6. The highest BCUT2D eigenvalue weighted by atomic mass is 16.5. The highest BCUT2D eigenvalue weighted by molar-refractivity contribution is 5.38. The first kappa shape index (κ1) is 13.4. The molecule has 100 valence electrons. The highest BCUT2D eigenvalue weighted by Gasteiger charge is 2.22. The summed E-state index contributed by atoms with van der Waals surface area (Å²) in [5, 5.41) is 0. The van der Waals surface area contributed by atoms with Crippen LogP contribution in [-0.2, 0) is 6.42 Å². The Morgan fingerprint density at radius 3 is 2.72 bits per heavy atom. The first-order chi connectivity index (χ1) is 8.70. The van der Waals surface area contributed by atoms with Crippen LogP contribution >= 0.6 is 0 Å². The molecule has 1 aromatic rings. The van der Waals surface area contributed by atoms with Gasteiger partial charge < -0.3 is 10.5 Å². The third-order valence-electron chi connectivity index (χ3n) is 3.57. The molecule has 1 aliphatic carbocycles. The van der Waals surface area contributed by atoms with E-state index in [0.717, 1.165) is 37.7 Å². The van der Waals surface area contributed by atoms with Crippen LogP contribution in [0, 0.1) is 5.92 Å². The molecule has 1 fully saturated rings. The number of nitrogens with two attached hydrogens (primary N) is 1. The van der Waals surface area contributed by atoms with Crippen LogP contribution in [-0.4, -0.2) is 13.2 Å². The lowest BCUT2D eigenvalue weighted by Gasteiger charge is -2.14. The van der Waals surface area contributed by atoms with Crippen molar-refractivity contribution in [3.8, 4) is 5.75 Å². The molecule has 1 saturated carbocycles. The van der Waals surface area contributed by atoms with Crippen molar-refractivity contribution in [3.63, 3.8) is 0 Å².